The van der Waals surface area contributed by atoms with E-state index in [0.29, 0.717) is 12.6 Å². The molecule has 28 heavy (non-hydrogen) atoms. The number of halogens is 1. The second-order valence-electron chi connectivity index (χ2n) is 9.07. The van der Waals surface area contributed by atoms with Crippen LogP contribution in [0.15, 0.2) is 22.7 Å². The third-order valence-electron chi connectivity index (χ3n) is 5.53. The molecule has 0 aromatic heterocycles. The Morgan fingerprint density at radius 2 is 1.86 bits per heavy atom. The lowest BCUT2D eigenvalue weighted by molar-refractivity contribution is 0.00462. The van der Waals surface area contributed by atoms with Crippen LogP contribution in [0.3, 0.4) is 0 Å². The van der Waals surface area contributed by atoms with E-state index in [4.69, 9.17) is 4.74 Å². The molecule has 2 aliphatic heterocycles. The topological polar surface area (TPSA) is 36.0 Å². The molecule has 1 amide bonds. The second kappa shape index (κ2) is 9.04. The number of hydrogen-bond acceptors (Lipinski definition) is 4. The molecule has 5 nitrogen and oxygen atoms in total. The molecule has 0 bridgehead atoms. The van der Waals surface area contributed by atoms with Crippen LogP contribution in [0, 0.1) is 0 Å². The quantitative estimate of drug-likeness (QED) is 0.655. The van der Waals surface area contributed by atoms with E-state index < -0.39 is 5.60 Å². The lowest BCUT2D eigenvalue weighted by Crippen LogP contribution is -2.54. The predicted octanol–water partition coefficient (Wildman–Crippen LogP) is 4.88. The smallest absolute Gasteiger partial charge is 0.410 e. The zero-order chi connectivity index (χ0) is 20.3. The van der Waals surface area contributed by atoms with Gasteiger partial charge in [-0.15, -0.1) is 0 Å². The van der Waals surface area contributed by atoms with Gasteiger partial charge in [0.2, 0.25) is 0 Å². The Balaban J connectivity index is 1.66. The van der Waals surface area contributed by atoms with Crippen LogP contribution in [-0.4, -0.2) is 60.3 Å². The van der Waals surface area contributed by atoms with Crippen molar-refractivity contribution in [2.24, 2.45) is 0 Å². The van der Waals surface area contributed by atoms with Crippen LogP contribution in [0.1, 0.15) is 52.5 Å². The molecule has 1 aromatic rings. The molecule has 3 rings (SSSR count). The number of carbonyl (C=O) groups is 1. The van der Waals surface area contributed by atoms with Crippen molar-refractivity contribution in [1.29, 1.82) is 0 Å². The molecule has 2 fully saturated rings. The fraction of sp³-hybridized carbons (Fsp3) is 0.682. The molecule has 0 aliphatic carbocycles. The summed E-state index contributed by atoms with van der Waals surface area (Å²) in [6.45, 7) is 13.5. The summed E-state index contributed by atoms with van der Waals surface area (Å²) in [5.41, 5.74) is 2.29. The molecule has 6 heteroatoms. The fourth-order valence-corrected chi connectivity index (χ4v) is 4.39. The van der Waals surface area contributed by atoms with Gasteiger partial charge in [-0.25, -0.2) is 4.79 Å². The third kappa shape index (κ3) is 5.63. The molecule has 156 valence electrons. The van der Waals surface area contributed by atoms with Crippen molar-refractivity contribution in [2.45, 2.75) is 65.1 Å². The lowest BCUT2D eigenvalue weighted by atomic mass is 10.1. The first-order chi connectivity index (χ1) is 13.2. The Labute approximate surface area is 178 Å². The highest BCUT2D eigenvalue weighted by Gasteiger charge is 2.30. The second-order valence-corrected chi connectivity index (χ2v) is 9.98. The highest BCUT2D eigenvalue weighted by molar-refractivity contribution is 9.10. The first kappa shape index (κ1) is 21.4. The largest absolute Gasteiger partial charge is 0.444 e. The maximum atomic E-state index is 12.4. The zero-order valence-electron chi connectivity index (χ0n) is 17.7. The van der Waals surface area contributed by atoms with E-state index in [2.05, 4.69) is 50.9 Å². The molecule has 2 aliphatic rings. The number of benzene rings is 1. The number of piperidine rings is 1. The predicted molar refractivity (Wildman–Crippen MR) is 118 cm³/mol. The van der Waals surface area contributed by atoms with Gasteiger partial charge in [0.15, 0.2) is 0 Å². The van der Waals surface area contributed by atoms with Gasteiger partial charge in [0.25, 0.3) is 0 Å². The van der Waals surface area contributed by atoms with Gasteiger partial charge in [0.1, 0.15) is 5.60 Å². The summed E-state index contributed by atoms with van der Waals surface area (Å²) in [4.78, 5) is 19.3. The number of piperazine rings is 1. The van der Waals surface area contributed by atoms with Gasteiger partial charge in [-0.3, -0.25) is 4.90 Å². The normalized spacial score (nSPS) is 21.7. The monoisotopic (exact) mass is 451 g/mol. The molecular formula is C22H34BrN3O2. The zero-order valence-corrected chi connectivity index (χ0v) is 19.3. The number of carbonyl (C=O) groups excluding carboxylic acids is 1. The molecule has 0 N–H and O–H groups in total. The average molecular weight is 452 g/mol. The minimum atomic E-state index is -0.446. The summed E-state index contributed by atoms with van der Waals surface area (Å²) in [6, 6.07) is 6.97. The van der Waals surface area contributed by atoms with Gasteiger partial charge in [-0.1, -0.05) is 22.0 Å². The molecule has 0 saturated carbocycles. The standard InChI is InChI=1S/C22H34BrN3O2/c1-17-15-26(21(27)28-22(2,3)4)13-12-25(17)16-18-8-9-19(23)14-20(18)24-10-6-5-7-11-24/h8-9,14,17H,5-7,10-13,15-16H2,1-4H3. The summed E-state index contributed by atoms with van der Waals surface area (Å²) in [7, 11) is 0. The summed E-state index contributed by atoms with van der Waals surface area (Å²) >= 11 is 3.65. The van der Waals surface area contributed by atoms with E-state index in [1.54, 1.807) is 0 Å². The van der Waals surface area contributed by atoms with Crippen molar-refractivity contribution in [3.05, 3.63) is 28.2 Å². The van der Waals surface area contributed by atoms with Crippen LogP contribution in [0.2, 0.25) is 0 Å². The van der Waals surface area contributed by atoms with Crippen molar-refractivity contribution >= 4 is 27.7 Å². The number of ether oxygens (including phenoxy) is 1. The maximum absolute atomic E-state index is 12.4. The van der Waals surface area contributed by atoms with Crippen LogP contribution < -0.4 is 4.90 Å². The van der Waals surface area contributed by atoms with Crippen LogP contribution in [-0.2, 0) is 11.3 Å². The molecule has 1 atom stereocenters. The minimum absolute atomic E-state index is 0.198. The summed E-state index contributed by atoms with van der Waals surface area (Å²) in [5, 5.41) is 0. The highest BCUT2D eigenvalue weighted by atomic mass is 79.9. The van der Waals surface area contributed by atoms with Crippen LogP contribution >= 0.6 is 15.9 Å². The van der Waals surface area contributed by atoms with Gasteiger partial charge in [-0.05, 0) is 64.7 Å². The molecule has 0 radical (unpaired) electrons. The Morgan fingerprint density at radius 1 is 1.14 bits per heavy atom. The van der Waals surface area contributed by atoms with Crippen molar-refractivity contribution in [3.8, 4) is 0 Å². The average Bonchev–Trinajstić information content (AvgIpc) is 2.64. The molecular weight excluding hydrogens is 418 g/mol. The number of nitrogens with zero attached hydrogens (tertiary/aromatic N) is 3. The van der Waals surface area contributed by atoms with Crippen LogP contribution in [0.4, 0.5) is 10.5 Å². The Hall–Kier alpha value is -1.27. The first-order valence-electron chi connectivity index (χ1n) is 10.5. The Morgan fingerprint density at radius 3 is 2.50 bits per heavy atom. The Bertz CT molecular complexity index is 683. The molecule has 2 heterocycles. The van der Waals surface area contributed by atoms with Crippen molar-refractivity contribution in [1.82, 2.24) is 9.80 Å². The lowest BCUT2D eigenvalue weighted by Gasteiger charge is -2.41. The van der Waals surface area contributed by atoms with Gasteiger partial charge >= 0.3 is 6.09 Å². The van der Waals surface area contributed by atoms with Crippen LogP contribution in [0.25, 0.3) is 0 Å². The van der Waals surface area contributed by atoms with Gasteiger partial charge in [0, 0.05) is 55.5 Å². The fourth-order valence-electron chi connectivity index (χ4n) is 4.04. The van der Waals surface area contributed by atoms with Crippen molar-refractivity contribution in [2.75, 3.05) is 37.6 Å². The summed E-state index contributed by atoms with van der Waals surface area (Å²) in [6.07, 6.45) is 3.69. The van der Waals surface area contributed by atoms with Crippen molar-refractivity contribution < 1.29 is 9.53 Å². The molecule has 1 unspecified atom stereocenters. The molecule has 0 spiro atoms. The maximum Gasteiger partial charge on any atom is 0.410 e. The molecule has 2 saturated heterocycles. The SMILES string of the molecule is CC1CN(C(=O)OC(C)(C)C)CCN1Cc1ccc(Br)cc1N1CCCCC1. The van der Waals surface area contributed by atoms with E-state index in [-0.39, 0.29) is 6.09 Å². The minimum Gasteiger partial charge on any atom is -0.444 e. The number of anilines is 1. The highest BCUT2D eigenvalue weighted by Crippen LogP contribution is 2.30. The Kier molecular flexibility index (Phi) is 6.92. The third-order valence-corrected chi connectivity index (χ3v) is 6.03. The van der Waals surface area contributed by atoms with E-state index in [1.165, 1.54) is 30.5 Å². The number of amides is 1. The van der Waals surface area contributed by atoms with E-state index in [0.717, 1.165) is 37.2 Å². The molecule has 1 aromatic carbocycles. The van der Waals surface area contributed by atoms with Gasteiger partial charge in [-0.2, -0.15) is 0 Å². The van der Waals surface area contributed by atoms with E-state index >= 15 is 0 Å². The van der Waals surface area contributed by atoms with Gasteiger partial charge < -0.3 is 14.5 Å². The number of hydrogen-bond donors (Lipinski definition) is 0. The van der Waals surface area contributed by atoms with Gasteiger partial charge in [0.05, 0.1) is 0 Å². The van der Waals surface area contributed by atoms with E-state index in [9.17, 15) is 4.79 Å². The summed E-state index contributed by atoms with van der Waals surface area (Å²) < 4.78 is 6.69. The van der Waals surface area contributed by atoms with Crippen LogP contribution in [0.5, 0.6) is 0 Å². The van der Waals surface area contributed by atoms with E-state index in [1.807, 2.05) is 25.7 Å². The first-order valence-corrected chi connectivity index (χ1v) is 11.3. The summed E-state index contributed by atoms with van der Waals surface area (Å²) in [5.74, 6) is 0. The van der Waals surface area contributed by atoms with Crippen molar-refractivity contribution in [3.63, 3.8) is 0 Å². The number of rotatable bonds is 3.